The van der Waals surface area contributed by atoms with E-state index in [1.165, 1.54) is 51.4 Å². The molecule has 0 bridgehead atoms. The van der Waals surface area contributed by atoms with Crippen LogP contribution >= 0.6 is 0 Å². The normalized spacial score (nSPS) is 37.6. The number of nitrogens with two attached hydrogens (primary N) is 1. The molecule has 0 aromatic heterocycles. The van der Waals surface area contributed by atoms with Gasteiger partial charge in [0.2, 0.25) is 0 Å². The molecule has 0 aliphatic heterocycles. The van der Waals surface area contributed by atoms with Gasteiger partial charge in [-0.3, -0.25) is 0 Å². The third-order valence-electron chi connectivity index (χ3n) is 4.35. The molecule has 0 aromatic rings. The van der Waals surface area contributed by atoms with Gasteiger partial charge in [-0.25, -0.2) is 0 Å². The molecule has 0 spiro atoms. The lowest BCUT2D eigenvalue weighted by Crippen LogP contribution is -2.51. The molecule has 2 rings (SSSR count). The van der Waals surface area contributed by atoms with Gasteiger partial charge >= 0.3 is 0 Å². The first-order valence-corrected chi connectivity index (χ1v) is 6.76. The second-order valence-electron chi connectivity index (χ2n) is 5.61. The van der Waals surface area contributed by atoms with Gasteiger partial charge < -0.3 is 11.1 Å². The van der Waals surface area contributed by atoms with E-state index >= 15 is 0 Å². The van der Waals surface area contributed by atoms with Crippen LogP contribution in [0.5, 0.6) is 0 Å². The Kier molecular flexibility index (Phi) is 3.68. The number of rotatable bonds is 4. The van der Waals surface area contributed by atoms with Gasteiger partial charge in [-0.15, -0.1) is 0 Å². The highest BCUT2D eigenvalue weighted by molar-refractivity contribution is 4.97. The Morgan fingerprint density at radius 1 is 1.20 bits per heavy atom. The van der Waals surface area contributed by atoms with E-state index in [0.29, 0.717) is 5.54 Å². The second kappa shape index (κ2) is 4.84. The zero-order valence-corrected chi connectivity index (χ0v) is 10.1. The van der Waals surface area contributed by atoms with Gasteiger partial charge in [0.05, 0.1) is 0 Å². The Labute approximate surface area is 94.0 Å². The SMILES string of the molecule is CCC1CCCC(CN)(NC2CC2)CC1. The summed E-state index contributed by atoms with van der Waals surface area (Å²) in [5.41, 5.74) is 6.30. The maximum absolute atomic E-state index is 6.01. The summed E-state index contributed by atoms with van der Waals surface area (Å²) in [6.07, 6.45) is 10.9. The van der Waals surface area contributed by atoms with Crippen molar-refractivity contribution < 1.29 is 0 Å². The molecular weight excluding hydrogens is 184 g/mol. The van der Waals surface area contributed by atoms with Gasteiger partial charge in [-0.1, -0.05) is 26.2 Å². The quantitative estimate of drug-likeness (QED) is 0.699. The lowest BCUT2D eigenvalue weighted by Gasteiger charge is -2.33. The Bertz CT molecular complexity index is 201. The molecule has 2 saturated carbocycles. The van der Waals surface area contributed by atoms with Crippen molar-refractivity contribution in [1.29, 1.82) is 0 Å². The van der Waals surface area contributed by atoms with Gasteiger partial charge in [-0.05, 0) is 38.0 Å². The summed E-state index contributed by atoms with van der Waals surface area (Å²) in [6, 6.07) is 0.798. The van der Waals surface area contributed by atoms with E-state index in [2.05, 4.69) is 12.2 Å². The van der Waals surface area contributed by atoms with Crippen LogP contribution in [-0.2, 0) is 0 Å². The minimum atomic E-state index is 0.297. The van der Waals surface area contributed by atoms with Crippen molar-refractivity contribution in [2.24, 2.45) is 11.7 Å². The van der Waals surface area contributed by atoms with Crippen molar-refractivity contribution in [3.63, 3.8) is 0 Å². The van der Waals surface area contributed by atoms with Crippen LogP contribution in [0.4, 0.5) is 0 Å². The smallest absolute Gasteiger partial charge is 0.0306 e. The third kappa shape index (κ3) is 2.94. The fraction of sp³-hybridized carbons (Fsp3) is 1.00. The monoisotopic (exact) mass is 210 g/mol. The predicted octanol–water partition coefficient (Wildman–Crippen LogP) is 2.43. The molecule has 2 unspecified atom stereocenters. The maximum atomic E-state index is 6.01. The van der Waals surface area contributed by atoms with E-state index in [1.54, 1.807) is 0 Å². The van der Waals surface area contributed by atoms with Crippen LogP contribution in [0.2, 0.25) is 0 Å². The maximum Gasteiger partial charge on any atom is 0.0306 e. The van der Waals surface area contributed by atoms with E-state index in [9.17, 15) is 0 Å². The zero-order valence-electron chi connectivity index (χ0n) is 10.1. The standard InChI is InChI=1S/C13H26N2/c1-2-11-4-3-8-13(10-14,9-7-11)15-12-5-6-12/h11-12,15H,2-10,14H2,1H3. The van der Waals surface area contributed by atoms with E-state index in [4.69, 9.17) is 5.73 Å². The molecular formula is C13H26N2. The molecule has 2 fully saturated rings. The highest BCUT2D eigenvalue weighted by atomic mass is 15.1. The Hall–Kier alpha value is -0.0800. The van der Waals surface area contributed by atoms with Crippen LogP contribution in [0.3, 0.4) is 0 Å². The average Bonchev–Trinajstić information content (AvgIpc) is 3.06. The summed E-state index contributed by atoms with van der Waals surface area (Å²) >= 11 is 0. The second-order valence-corrected chi connectivity index (χ2v) is 5.61. The molecule has 2 aliphatic carbocycles. The minimum absolute atomic E-state index is 0.297. The summed E-state index contributed by atoms with van der Waals surface area (Å²) < 4.78 is 0. The van der Waals surface area contributed by atoms with Crippen molar-refractivity contribution in [1.82, 2.24) is 5.32 Å². The van der Waals surface area contributed by atoms with Gasteiger partial charge in [0.25, 0.3) is 0 Å². The van der Waals surface area contributed by atoms with Crippen LogP contribution in [0.15, 0.2) is 0 Å². The molecule has 2 aliphatic rings. The molecule has 15 heavy (non-hydrogen) atoms. The Morgan fingerprint density at radius 2 is 2.00 bits per heavy atom. The summed E-state index contributed by atoms with van der Waals surface area (Å²) in [5, 5.41) is 3.82. The number of nitrogens with one attached hydrogen (secondary N) is 1. The van der Waals surface area contributed by atoms with Crippen molar-refractivity contribution >= 4 is 0 Å². The molecule has 2 atom stereocenters. The first-order chi connectivity index (χ1) is 7.28. The topological polar surface area (TPSA) is 38.0 Å². The van der Waals surface area contributed by atoms with Gasteiger partial charge in [0, 0.05) is 18.1 Å². The van der Waals surface area contributed by atoms with E-state index in [-0.39, 0.29) is 0 Å². The highest BCUT2D eigenvalue weighted by Crippen LogP contribution is 2.34. The molecule has 2 nitrogen and oxygen atoms in total. The first kappa shape index (κ1) is 11.4. The summed E-state index contributed by atoms with van der Waals surface area (Å²) in [4.78, 5) is 0. The fourth-order valence-electron chi connectivity index (χ4n) is 2.96. The van der Waals surface area contributed by atoms with Crippen LogP contribution in [0, 0.1) is 5.92 Å². The van der Waals surface area contributed by atoms with Crippen molar-refractivity contribution in [2.45, 2.75) is 69.9 Å². The van der Waals surface area contributed by atoms with Gasteiger partial charge in [0.15, 0.2) is 0 Å². The molecule has 88 valence electrons. The summed E-state index contributed by atoms with van der Waals surface area (Å²) in [6.45, 7) is 3.16. The highest BCUT2D eigenvalue weighted by Gasteiger charge is 2.36. The van der Waals surface area contributed by atoms with Crippen LogP contribution in [0.25, 0.3) is 0 Å². The molecule has 0 radical (unpaired) electrons. The van der Waals surface area contributed by atoms with Crippen molar-refractivity contribution in [3.8, 4) is 0 Å². The molecule has 0 amide bonds. The van der Waals surface area contributed by atoms with Crippen LogP contribution < -0.4 is 11.1 Å². The number of hydrogen-bond donors (Lipinski definition) is 2. The van der Waals surface area contributed by atoms with Gasteiger partial charge in [-0.2, -0.15) is 0 Å². The molecule has 0 heterocycles. The largest absolute Gasteiger partial charge is 0.329 e. The Balaban J connectivity index is 1.92. The first-order valence-electron chi connectivity index (χ1n) is 6.76. The summed E-state index contributed by atoms with van der Waals surface area (Å²) in [5.74, 6) is 0.958. The Morgan fingerprint density at radius 3 is 2.60 bits per heavy atom. The van der Waals surface area contributed by atoms with Crippen LogP contribution in [-0.4, -0.2) is 18.1 Å². The van der Waals surface area contributed by atoms with Crippen LogP contribution in [0.1, 0.15) is 58.3 Å². The fourth-order valence-corrected chi connectivity index (χ4v) is 2.96. The van der Waals surface area contributed by atoms with E-state index in [0.717, 1.165) is 18.5 Å². The predicted molar refractivity (Wildman–Crippen MR) is 64.8 cm³/mol. The lowest BCUT2D eigenvalue weighted by atomic mass is 9.89. The molecule has 0 aromatic carbocycles. The summed E-state index contributed by atoms with van der Waals surface area (Å²) in [7, 11) is 0. The minimum Gasteiger partial charge on any atom is -0.329 e. The molecule has 0 saturated heterocycles. The van der Waals surface area contributed by atoms with E-state index < -0.39 is 0 Å². The molecule has 3 N–H and O–H groups in total. The average molecular weight is 210 g/mol. The third-order valence-corrected chi connectivity index (χ3v) is 4.35. The molecule has 2 heteroatoms. The van der Waals surface area contributed by atoms with Crippen molar-refractivity contribution in [3.05, 3.63) is 0 Å². The van der Waals surface area contributed by atoms with Crippen molar-refractivity contribution in [2.75, 3.05) is 6.54 Å². The van der Waals surface area contributed by atoms with Gasteiger partial charge in [0.1, 0.15) is 0 Å². The number of hydrogen-bond acceptors (Lipinski definition) is 2. The van der Waals surface area contributed by atoms with E-state index in [1.807, 2.05) is 0 Å². The lowest BCUT2D eigenvalue weighted by molar-refractivity contribution is 0.284. The zero-order chi connectivity index (χ0) is 10.7.